The minimum absolute atomic E-state index is 0.238. The van der Waals surface area contributed by atoms with Crippen molar-refractivity contribution < 1.29 is 66.8 Å². The molecule has 3 aromatic rings. The van der Waals surface area contributed by atoms with Crippen LogP contribution < -0.4 is 14.3 Å². The van der Waals surface area contributed by atoms with Gasteiger partial charge in [-0.1, -0.05) is 0 Å². The van der Waals surface area contributed by atoms with E-state index in [0.29, 0.717) is 0 Å². The molecule has 2 aromatic carbocycles. The zero-order chi connectivity index (χ0) is 27.2. The summed E-state index contributed by atoms with van der Waals surface area (Å²) in [6.07, 6.45) is -8.89. The third kappa shape index (κ3) is 5.12. The molecule has 0 aliphatic carbocycles. The van der Waals surface area contributed by atoms with Gasteiger partial charge in [0.25, 0.3) is 10.4 Å². The molecule has 16 heteroatoms. The van der Waals surface area contributed by atoms with Crippen molar-refractivity contribution in [1.82, 2.24) is 0 Å². The molecule has 2 heterocycles. The lowest BCUT2D eigenvalue weighted by atomic mass is 9.99. The number of aliphatic hydroxyl groups excluding tert-OH is 4. The lowest BCUT2D eigenvalue weighted by Crippen LogP contribution is -2.60. The molecule has 1 saturated heterocycles. The van der Waals surface area contributed by atoms with Crippen LogP contribution in [0.25, 0.3) is 22.3 Å². The highest BCUT2D eigenvalue weighted by Gasteiger charge is 2.45. The van der Waals surface area contributed by atoms with Gasteiger partial charge in [0, 0.05) is 17.7 Å². The Balaban J connectivity index is 1.92. The predicted molar refractivity (Wildman–Crippen MR) is 118 cm³/mol. The van der Waals surface area contributed by atoms with Crippen LogP contribution in [-0.2, 0) is 15.1 Å². The molecule has 0 unspecified atom stereocenters. The first-order chi connectivity index (χ1) is 17.3. The molecular weight excluding hydrogens is 524 g/mol. The van der Waals surface area contributed by atoms with Gasteiger partial charge in [0.2, 0.25) is 17.5 Å². The van der Waals surface area contributed by atoms with Crippen LogP contribution in [0.3, 0.4) is 0 Å². The Bertz CT molecular complexity index is 1500. The summed E-state index contributed by atoms with van der Waals surface area (Å²) in [5.41, 5.74) is -1.72. The second-order valence-corrected chi connectivity index (χ2v) is 8.90. The van der Waals surface area contributed by atoms with E-state index in [1.165, 1.54) is 0 Å². The summed E-state index contributed by atoms with van der Waals surface area (Å²) in [5.74, 6) is -4.21. The third-order valence-electron chi connectivity index (χ3n) is 5.41. The lowest BCUT2D eigenvalue weighted by molar-refractivity contribution is -0.277. The Morgan fingerprint density at radius 1 is 0.973 bits per heavy atom. The minimum Gasteiger partial charge on any atom is -0.716 e. The minimum atomic E-state index is -5.34. The summed E-state index contributed by atoms with van der Waals surface area (Å²) >= 11 is 0. The van der Waals surface area contributed by atoms with Crippen molar-refractivity contribution >= 4 is 21.4 Å². The van der Waals surface area contributed by atoms with E-state index in [-0.39, 0.29) is 11.1 Å². The van der Waals surface area contributed by atoms with E-state index >= 15 is 0 Å². The number of hydrogen-bond donors (Lipinski definition) is 7. The number of phenolic OH excluding ortho intramolecular Hbond substituents is 3. The van der Waals surface area contributed by atoms with E-state index in [1.807, 2.05) is 0 Å². The second kappa shape index (κ2) is 9.67. The smallest absolute Gasteiger partial charge is 0.262 e. The summed E-state index contributed by atoms with van der Waals surface area (Å²) < 4.78 is 53.6. The largest absolute Gasteiger partial charge is 0.716 e. The first kappa shape index (κ1) is 26.4. The van der Waals surface area contributed by atoms with E-state index in [0.717, 1.165) is 30.3 Å². The first-order valence-corrected chi connectivity index (χ1v) is 11.6. The topological polar surface area (TPSA) is 257 Å². The fourth-order valence-corrected chi connectivity index (χ4v) is 4.03. The number of aromatic hydroxyl groups is 3. The summed E-state index contributed by atoms with van der Waals surface area (Å²) in [5, 5.41) is 69.2. The van der Waals surface area contributed by atoms with E-state index in [2.05, 4.69) is 4.18 Å². The summed E-state index contributed by atoms with van der Waals surface area (Å²) in [7, 11) is -5.34. The Labute approximate surface area is 206 Å². The summed E-state index contributed by atoms with van der Waals surface area (Å²) in [6, 6.07) is 4.54. The van der Waals surface area contributed by atoms with E-state index < -0.39 is 93.0 Å². The van der Waals surface area contributed by atoms with Gasteiger partial charge in [0.05, 0.1) is 6.61 Å². The lowest BCUT2D eigenvalue weighted by Gasteiger charge is -2.39. The van der Waals surface area contributed by atoms with Gasteiger partial charge in [-0.3, -0.25) is 4.79 Å². The van der Waals surface area contributed by atoms with Crippen LogP contribution in [0.5, 0.6) is 28.7 Å². The van der Waals surface area contributed by atoms with Gasteiger partial charge in [-0.2, -0.15) is 0 Å². The van der Waals surface area contributed by atoms with E-state index in [9.17, 15) is 53.5 Å². The molecule has 0 radical (unpaired) electrons. The van der Waals surface area contributed by atoms with Gasteiger partial charge in [-0.15, -0.1) is 0 Å². The fraction of sp³-hybridized carbons (Fsp3) is 0.286. The van der Waals surface area contributed by atoms with E-state index in [1.54, 1.807) is 0 Å². The number of hydrogen-bond acceptors (Lipinski definition) is 15. The Morgan fingerprint density at radius 3 is 2.32 bits per heavy atom. The van der Waals surface area contributed by atoms with Crippen LogP contribution in [-0.4, -0.2) is 86.0 Å². The highest BCUT2D eigenvalue weighted by atomic mass is 32.3. The maximum Gasteiger partial charge on any atom is 0.262 e. The number of aliphatic hydroxyl groups is 4. The van der Waals surface area contributed by atoms with Crippen molar-refractivity contribution in [2.24, 2.45) is 0 Å². The van der Waals surface area contributed by atoms with E-state index in [4.69, 9.17) is 13.9 Å². The SMILES string of the molecule is O=c1c(O[C@@H]2O[C@H](CO)[C@@H](O)[C@H](O)[C@H]2O)c(-c2ccc(O)c(OS(=O)(=O)[O-])c2)oc2cc(O)cc(O)c12. The van der Waals surface area contributed by atoms with Crippen molar-refractivity contribution in [1.29, 1.82) is 0 Å². The molecule has 200 valence electrons. The Kier molecular flexibility index (Phi) is 6.91. The van der Waals surface area contributed by atoms with Crippen LogP contribution in [0.4, 0.5) is 0 Å². The number of rotatable bonds is 6. The molecule has 37 heavy (non-hydrogen) atoms. The molecule has 5 atom stereocenters. The molecular formula is C21H19O15S-. The molecule has 1 aromatic heterocycles. The van der Waals surface area contributed by atoms with Gasteiger partial charge >= 0.3 is 0 Å². The Hall–Kier alpha value is -3.64. The average molecular weight is 543 g/mol. The maximum atomic E-state index is 13.4. The second-order valence-electron chi connectivity index (χ2n) is 7.92. The maximum absolute atomic E-state index is 13.4. The first-order valence-electron chi connectivity index (χ1n) is 10.3. The molecule has 1 aliphatic heterocycles. The fourth-order valence-electron chi connectivity index (χ4n) is 3.68. The normalized spacial score (nSPS) is 24.2. The zero-order valence-electron chi connectivity index (χ0n) is 18.3. The highest BCUT2D eigenvalue weighted by molar-refractivity contribution is 7.81. The van der Waals surface area contributed by atoms with Gasteiger partial charge in [-0.05, 0) is 18.2 Å². The van der Waals surface area contributed by atoms with Crippen LogP contribution in [0.1, 0.15) is 0 Å². The van der Waals surface area contributed by atoms with Gasteiger partial charge in [-0.25, -0.2) is 8.42 Å². The molecule has 1 aliphatic rings. The molecule has 0 bridgehead atoms. The standard InChI is InChI=1S/C21H20O15S/c22-6-13-15(26)17(28)18(29)21(34-13)35-20-16(27)14-10(25)4-8(23)5-12(14)33-19(20)7-1-2-9(24)11(3-7)36-37(30,31)32/h1-5,13,15,17-18,21-26,28-29H,6H2,(H,30,31,32)/p-1/t13-,15-,17+,18-,21+/m1/s1. The summed E-state index contributed by atoms with van der Waals surface area (Å²) in [4.78, 5) is 13.4. The van der Waals surface area contributed by atoms with Crippen LogP contribution in [0.15, 0.2) is 39.5 Å². The molecule has 7 N–H and O–H groups in total. The quantitative estimate of drug-likeness (QED) is 0.139. The zero-order valence-corrected chi connectivity index (χ0v) is 19.1. The number of benzene rings is 2. The van der Waals surface area contributed by atoms with Crippen molar-refractivity contribution in [2.45, 2.75) is 30.7 Å². The molecule has 0 saturated carbocycles. The molecule has 0 amide bonds. The highest BCUT2D eigenvalue weighted by Crippen LogP contribution is 2.40. The molecule has 15 nitrogen and oxygen atoms in total. The molecule has 1 fully saturated rings. The summed E-state index contributed by atoms with van der Waals surface area (Å²) in [6.45, 7) is -0.813. The molecule has 4 rings (SSSR count). The molecule has 0 spiro atoms. The number of fused-ring (bicyclic) bond motifs is 1. The van der Waals surface area contributed by atoms with Crippen LogP contribution >= 0.6 is 0 Å². The monoisotopic (exact) mass is 543 g/mol. The van der Waals surface area contributed by atoms with Crippen molar-refractivity contribution in [3.63, 3.8) is 0 Å². The van der Waals surface area contributed by atoms with Crippen LogP contribution in [0, 0.1) is 0 Å². The number of ether oxygens (including phenoxy) is 2. The van der Waals surface area contributed by atoms with Crippen molar-refractivity contribution in [3.8, 4) is 40.1 Å². The van der Waals surface area contributed by atoms with Crippen molar-refractivity contribution in [2.75, 3.05) is 6.61 Å². The van der Waals surface area contributed by atoms with Gasteiger partial charge in [0.1, 0.15) is 46.9 Å². The Morgan fingerprint density at radius 2 is 1.68 bits per heavy atom. The third-order valence-corrected chi connectivity index (χ3v) is 5.80. The van der Waals surface area contributed by atoms with Crippen molar-refractivity contribution in [3.05, 3.63) is 40.6 Å². The van der Waals surface area contributed by atoms with Crippen LogP contribution in [0.2, 0.25) is 0 Å². The van der Waals surface area contributed by atoms with Gasteiger partial charge in [0.15, 0.2) is 17.3 Å². The predicted octanol–water partition coefficient (Wildman–Crippen LogP) is -1.41. The average Bonchev–Trinajstić information content (AvgIpc) is 2.80. The number of phenols is 3. The van der Waals surface area contributed by atoms with Gasteiger partial charge < -0.3 is 58.4 Å².